The molecule has 4 N–H and O–H groups in total. The molecule has 0 spiro atoms. The Morgan fingerprint density at radius 3 is 1.88 bits per heavy atom. The second kappa shape index (κ2) is 12.3. The zero-order valence-corrected chi connectivity index (χ0v) is 11.4. The SMILES string of the molecule is CCCCCC(O)NCCCNC(O)CCC. The molecule has 4 heteroatoms. The van der Waals surface area contributed by atoms with E-state index in [1.165, 1.54) is 12.8 Å². The van der Waals surface area contributed by atoms with Crippen LogP contribution in [0.5, 0.6) is 0 Å². The van der Waals surface area contributed by atoms with Crippen molar-refractivity contribution >= 4 is 0 Å². The second-order valence-corrected chi connectivity index (χ2v) is 4.58. The smallest absolute Gasteiger partial charge is 0.104 e. The summed E-state index contributed by atoms with van der Waals surface area (Å²) in [5, 5.41) is 25.1. The van der Waals surface area contributed by atoms with E-state index in [9.17, 15) is 10.2 Å². The summed E-state index contributed by atoms with van der Waals surface area (Å²) in [4.78, 5) is 0. The summed E-state index contributed by atoms with van der Waals surface area (Å²) in [6.45, 7) is 5.79. The molecule has 0 bridgehead atoms. The molecule has 0 fully saturated rings. The summed E-state index contributed by atoms with van der Waals surface area (Å²) < 4.78 is 0. The van der Waals surface area contributed by atoms with E-state index < -0.39 is 0 Å². The predicted octanol–water partition coefficient (Wildman–Crippen LogP) is 1.57. The number of rotatable bonds is 12. The van der Waals surface area contributed by atoms with Gasteiger partial charge in [-0.05, 0) is 38.8 Å². The quantitative estimate of drug-likeness (QED) is 0.312. The Morgan fingerprint density at radius 1 is 0.765 bits per heavy atom. The molecule has 0 aliphatic rings. The van der Waals surface area contributed by atoms with Crippen molar-refractivity contribution in [1.29, 1.82) is 0 Å². The van der Waals surface area contributed by atoms with Gasteiger partial charge in [0.1, 0.15) is 12.5 Å². The number of aliphatic hydroxyl groups is 2. The molecule has 0 saturated carbocycles. The van der Waals surface area contributed by atoms with Gasteiger partial charge in [0.05, 0.1) is 0 Å². The van der Waals surface area contributed by atoms with Crippen molar-refractivity contribution in [3.8, 4) is 0 Å². The molecule has 0 aromatic rings. The van der Waals surface area contributed by atoms with E-state index in [0.717, 1.165) is 45.2 Å². The molecule has 0 heterocycles. The second-order valence-electron chi connectivity index (χ2n) is 4.58. The van der Waals surface area contributed by atoms with Crippen LogP contribution in [0.25, 0.3) is 0 Å². The third kappa shape index (κ3) is 12.1. The molecule has 0 radical (unpaired) electrons. The minimum Gasteiger partial charge on any atom is -0.379 e. The molecule has 2 atom stereocenters. The van der Waals surface area contributed by atoms with Gasteiger partial charge in [0, 0.05) is 0 Å². The predicted molar refractivity (Wildman–Crippen MR) is 71.7 cm³/mol. The van der Waals surface area contributed by atoms with Gasteiger partial charge < -0.3 is 10.2 Å². The molecule has 0 aromatic heterocycles. The molecule has 0 saturated heterocycles. The van der Waals surface area contributed by atoms with Crippen molar-refractivity contribution in [2.75, 3.05) is 13.1 Å². The maximum atomic E-state index is 9.59. The zero-order chi connectivity index (χ0) is 12.9. The first kappa shape index (κ1) is 16.8. The fraction of sp³-hybridized carbons (Fsp3) is 1.00. The third-order valence-corrected chi connectivity index (χ3v) is 2.76. The normalized spacial score (nSPS) is 14.8. The Kier molecular flexibility index (Phi) is 12.2. The largest absolute Gasteiger partial charge is 0.379 e. The third-order valence-electron chi connectivity index (χ3n) is 2.76. The van der Waals surface area contributed by atoms with Gasteiger partial charge in [0.15, 0.2) is 0 Å². The topological polar surface area (TPSA) is 64.5 Å². The molecule has 0 rings (SSSR count). The number of aliphatic hydroxyl groups excluding tert-OH is 2. The van der Waals surface area contributed by atoms with Crippen LogP contribution in [-0.4, -0.2) is 35.8 Å². The van der Waals surface area contributed by atoms with Crippen LogP contribution in [0.1, 0.15) is 58.8 Å². The Bertz CT molecular complexity index is 156. The van der Waals surface area contributed by atoms with Crippen molar-refractivity contribution in [2.45, 2.75) is 71.2 Å². The van der Waals surface area contributed by atoms with Crippen LogP contribution in [0, 0.1) is 0 Å². The minimum absolute atomic E-state index is 0.373. The fourth-order valence-electron chi connectivity index (χ4n) is 1.69. The minimum atomic E-state index is -0.380. The lowest BCUT2D eigenvalue weighted by Crippen LogP contribution is -2.34. The highest BCUT2D eigenvalue weighted by Gasteiger charge is 2.03. The van der Waals surface area contributed by atoms with Gasteiger partial charge in [-0.2, -0.15) is 0 Å². The highest BCUT2D eigenvalue weighted by molar-refractivity contribution is 4.57. The van der Waals surface area contributed by atoms with Crippen LogP contribution in [0.2, 0.25) is 0 Å². The van der Waals surface area contributed by atoms with Gasteiger partial charge in [-0.25, -0.2) is 0 Å². The molecule has 0 amide bonds. The molecule has 104 valence electrons. The highest BCUT2D eigenvalue weighted by atomic mass is 16.3. The highest BCUT2D eigenvalue weighted by Crippen LogP contribution is 2.01. The first-order valence-electron chi connectivity index (χ1n) is 7.03. The molecule has 2 unspecified atom stereocenters. The lowest BCUT2D eigenvalue weighted by atomic mass is 10.2. The van der Waals surface area contributed by atoms with E-state index in [1.54, 1.807) is 0 Å². The standard InChI is InChI=1S/C13H30N2O2/c1-3-5-6-9-13(17)15-11-7-10-14-12(16)8-4-2/h12-17H,3-11H2,1-2H3. The zero-order valence-electron chi connectivity index (χ0n) is 11.4. The van der Waals surface area contributed by atoms with Crippen molar-refractivity contribution in [3.05, 3.63) is 0 Å². The summed E-state index contributed by atoms with van der Waals surface area (Å²) in [5.41, 5.74) is 0. The van der Waals surface area contributed by atoms with Crippen LogP contribution >= 0.6 is 0 Å². The van der Waals surface area contributed by atoms with E-state index >= 15 is 0 Å². The summed E-state index contributed by atoms with van der Waals surface area (Å²) in [6.07, 6.45) is 6.24. The summed E-state index contributed by atoms with van der Waals surface area (Å²) >= 11 is 0. The summed E-state index contributed by atoms with van der Waals surface area (Å²) in [6, 6.07) is 0. The van der Waals surface area contributed by atoms with E-state index in [4.69, 9.17) is 0 Å². The van der Waals surface area contributed by atoms with Crippen molar-refractivity contribution < 1.29 is 10.2 Å². The summed E-state index contributed by atoms with van der Waals surface area (Å²) in [7, 11) is 0. The first-order valence-corrected chi connectivity index (χ1v) is 7.03. The molecular weight excluding hydrogens is 216 g/mol. The lowest BCUT2D eigenvalue weighted by Gasteiger charge is -2.14. The fourth-order valence-corrected chi connectivity index (χ4v) is 1.69. The number of nitrogens with one attached hydrogen (secondary N) is 2. The van der Waals surface area contributed by atoms with E-state index in [1.807, 2.05) is 0 Å². The van der Waals surface area contributed by atoms with Crippen LogP contribution in [0.4, 0.5) is 0 Å². The van der Waals surface area contributed by atoms with Crippen molar-refractivity contribution in [2.24, 2.45) is 0 Å². The van der Waals surface area contributed by atoms with Crippen LogP contribution in [-0.2, 0) is 0 Å². The summed E-state index contributed by atoms with van der Waals surface area (Å²) in [5.74, 6) is 0. The van der Waals surface area contributed by atoms with E-state index in [2.05, 4.69) is 24.5 Å². The maximum Gasteiger partial charge on any atom is 0.104 e. The van der Waals surface area contributed by atoms with Gasteiger partial charge in [0.2, 0.25) is 0 Å². The molecule has 0 aromatic carbocycles. The molecule has 17 heavy (non-hydrogen) atoms. The Hall–Kier alpha value is -0.160. The van der Waals surface area contributed by atoms with Crippen molar-refractivity contribution in [1.82, 2.24) is 10.6 Å². The molecule has 0 aliphatic carbocycles. The monoisotopic (exact) mass is 246 g/mol. The molecule has 4 nitrogen and oxygen atoms in total. The van der Waals surface area contributed by atoms with Crippen LogP contribution < -0.4 is 10.6 Å². The van der Waals surface area contributed by atoms with E-state index in [0.29, 0.717) is 0 Å². The average molecular weight is 246 g/mol. The lowest BCUT2D eigenvalue weighted by molar-refractivity contribution is 0.117. The Morgan fingerprint density at radius 2 is 1.35 bits per heavy atom. The maximum absolute atomic E-state index is 9.59. The van der Waals surface area contributed by atoms with Crippen molar-refractivity contribution in [3.63, 3.8) is 0 Å². The van der Waals surface area contributed by atoms with Gasteiger partial charge >= 0.3 is 0 Å². The van der Waals surface area contributed by atoms with Gasteiger partial charge in [0.25, 0.3) is 0 Å². The van der Waals surface area contributed by atoms with E-state index in [-0.39, 0.29) is 12.5 Å². The number of hydrogen-bond acceptors (Lipinski definition) is 4. The van der Waals surface area contributed by atoms with Gasteiger partial charge in [-0.15, -0.1) is 0 Å². The Labute approximate surface area is 106 Å². The molecule has 0 aliphatic heterocycles. The number of unbranched alkanes of at least 4 members (excludes halogenated alkanes) is 2. The van der Waals surface area contributed by atoms with Crippen LogP contribution in [0.15, 0.2) is 0 Å². The average Bonchev–Trinajstić information content (AvgIpc) is 2.29. The van der Waals surface area contributed by atoms with Gasteiger partial charge in [-0.3, -0.25) is 10.6 Å². The molecular formula is C13H30N2O2. The van der Waals surface area contributed by atoms with Gasteiger partial charge in [-0.1, -0.05) is 33.1 Å². The first-order chi connectivity index (χ1) is 8.20. The Balaban J connectivity index is 3.21. The van der Waals surface area contributed by atoms with Crippen LogP contribution in [0.3, 0.4) is 0 Å². The number of hydrogen-bond donors (Lipinski definition) is 4.